The lowest BCUT2D eigenvalue weighted by molar-refractivity contribution is 0.252. The Balaban J connectivity index is 1.89. The lowest BCUT2D eigenvalue weighted by atomic mass is 10.0. The van der Waals surface area contributed by atoms with E-state index in [1.54, 1.807) is 26.4 Å². The van der Waals surface area contributed by atoms with Gasteiger partial charge in [-0.15, -0.1) is 0 Å². The second-order valence-corrected chi connectivity index (χ2v) is 6.88. The quantitative estimate of drug-likeness (QED) is 0.302. The summed E-state index contributed by atoms with van der Waals surface area (Å²) < 4.78 is 16.7. The molecule has 162 valence electrons. The molecule has 31 heavy (non-hydrogen) atoms. The molecule has 3 rings (SSSR count). The van der Waals surface area contributed by atoms with E-state index in [4.69, 9.17) is 20.1 Å². The minimum absolute atomic E-state index is 0.271. The molecule has 1 aromatic heterocycles. The highest BCUT2D eigenvalue weighted by Crippen LogP contribution is 2.35. The van der Waals surface area contributed by atoms with Crippen LogP contribution in [-0.4, -0.2) is 25.2 Å². The third-order valence-corrected chi connectivity index (χ3v) is 4.91. The maximum absolute atomic E-state index is 11.6. The van der Waals surface area contributed by atoms with Crippen LogP contribution in [0.2, 0.25) is 0 Å². The normalized spacial score (nSPS) is 10.4. The molecule has 8 nitrogen and oxygen atoms in total. The molecule has 2 amide bonds. The van der Waals surface area contributed by atoms with E-state index < -0.39 is 6.03 Å². The van der Waals surface area contributed by atoms with Gasteiger partial charge in [0.25, 0.3) is 0 Å². The fourth-order valence-corrected chi connectivity index (χ4v) is 3.20. The van der Waals surface area contributed by atoms with E-state index >= 15 is 0 Å². The van der Waals surface area contributed by atoms with Crippen molar-refractivity contribution in [1.29, 1.82) is 0 Å². The number of aryl methyl sites for hydroxylation is 2. The molecule has 0 unspecified atom stereocenters. The van der Waals surface area contributed by atoms with Gasteiger partial charge in [0.2, 0.25) is 11.8 Å². The van der Waals surface area contributed by atoms with Crippen molar-refractivity contribution in [2.75, 3.05) is 19.5 Å². The molecule has 8 heteroatoms. The number of aromatic nitrogens is 1. The van der Waals surface area contributed by atoms with Gasteiger partial charge >= 0.3 is 6.03 Å². The van der Waals surface area contributed by atoms with Crippen molar-refractivity contribution in [3.05, 3.63) is 65.2 Å². The van der Waals surface area contributed by atoms with Crippen molar-refractivity contribution in [3.63, 3.8) is 0 Å². The maximum atomic E-state index is 11.6. The van der Waals surface area contributed by atoms with E-state index in [1.807, 2.05) is 50.2 Å². The number of rotatable bonds is 7. The van der Waals surface area contributed by atoms with Crippen molar-refractivity contribution < 1.29 is 19.0 Å². The van der Waals surface area contributed by atoms with Gasteiger partial charge < -0.3 is 19.5 Å². The highest BCUT2D eigenvalue weighted by molar-refractivity contribution is 5.89. The molecule has 0 atom stereocenters. The van der Waals surface area contributed by atoms with E-state index in [9.17, 15) is 4.79 Å². The molecule has 0 fully saturated rings. The Bertz CT molecular complexity index is 1090. The van der Waals surface area contributed by atoms with Crippen LogP contribution < -0.4 is 30.8 Å². The number of pyridine rings is 1. The molecule has 0 bridgehead atoms. The number of urea groups is 1. The summed E-state index contributed by atoms with van der Waals surface area (Å²) in [4.78, 5) is 16.0. The summed E-state index contributed by atoms with van der Waals surface area (Å²) in [5, 5.41) is 2.72. The number of carbonyl (C=O) groups excluding carboxylic acids is 1. The van der Waals surface area contributed by atoms with Gasteiger partial charge in [0, 0.05) is 22.9 Å². The zero-order chi connectivity index (χ0) is 22.4. The lowest BCUT2D eigenvalue weighted by Crippen LogP contribution is -2.34. The van der Waals surface area contributed by atoms with Gasteiger partial charge in [0.05, 0.1) is 14.2 Å². The first-order valence-electron chi connectivity index (χ1n) is 9.65. The first-order chi connectivity index (χ1) is 15.0. The second kappa shape index (κ2) is 9.82. The van der Waals surface area contributed by atoms with E-state index in [1.165, 1.54) is 0 Å². The molecule has 0 spiro atoms. The van der Waals surface area contributed by atoms with Gasteiger partial charge in [-0.2, -0.15) is 4.98 Å². The minimum atomic E-state index is -0.497. The van der Waals surface area contributed by atoms with Crippen LogP contribution in [0.4, 0.5) is 10.5 Å². The van der Waals surface area contributed by atoms with Gasteiger partial charge in [-0.3, -0.25) is 5.43 Å². The number of hydrogen-bond donors (Lipinski definition) is 3. The standard InChI is InChI=1S/C23H26N4O4/c1-14-6-5-7-20(25-23(28)27-24)19(14)13-31-16-9-8-15(2)18(12-16)17-10-11-21(29-3)26-22(17)30-4/h5-12H,13,24H2,1-4H3,(H2,25,27,28). The summed E-state index contributed by atoms with van der Waals surface area (Å²) in [6, 6.07) is 14.6. The van der Waals surface area contributed by atoms with Crippen LogP contribution in [0, 0.1) is 13.8 Å². The zero-order valence-electron chi connectivity index (χ0n) is 18.0. The zero-order valence-corrected chi connectivity index (χ0v) is 18.0. The molecule has 0 aliphatic heterocycles. The molecule has 0 saturated heterocycles. The first kappa shape index (κ1) is 21.9. The third-order valence-electron chi connectivity index (χ3n) is 4.91. The number of anilines is 1. The number of nitrogens with zero attached hydrogens (tertiary/aromatic N) is 1. The Hall–Kier alpha value is -3.78. The molecule has 3 aromatic rings. The molecule has 0 aliphatic rings. The summed E-state index contributed by atoms with van der Waals surface area (Å²) in [5.74, 6) is 6.81. The fraction of sp³-hybridized carbons (Fsp3) is 0.217. The third kappa shape index (κ3) is 5.04. The van der Waals surface area contributed by atoms with E-state index in [-0.39, 0.29) is 6.61 Å². The number of hydrazine groups is 1. The summed E-state index contributed by atoms with van der Waals surface area (Å²) in [5.41, 5.74) is 7.38. The topological polar surface area (TPSA) is 108 Å². The monoisotopic (exact) mass is 422 g/mol. The van der Waals surface area contributed by atoms with Gasteiger partial charge in [0.1, 0.15) is 12.4 Å². The summed E-state index contributed by atoms with van der Waals surface area (Å²) in [6.45, 7) is 4.24. The molecule has 1 heterocycles. The Morgan fingerprint density at radius 3 is 2.52 bits per heavy atom. The van der Waals surface area contributed by atoms with E-state index in [2.05, 4.69) is 15.7 Å². The molecular weight excluding hydrogens is 396 g/mol. The van der Waals surface area contributed by atoms with Gasteiger partial charge in [-0.25, -0.2) is 10.6 Å². The Labute approximate surface area is 181 Å². The van der Waals surface area contributed by atoms with Crippen molar-refractivity contribution in [2.45, 2.75) is 20.5 Å². The largest absolute Gasteiger partial charge is 0.489 e. The summed E-state index contributed by atoms with van der Waals surface area (Å²) >= 11 is 0. The van der Waals surface area contributed by atoms with Crippen molar-refractivity contribution in [2.24, 2.45) is 5.84 Å². The Kier molecular flexibility index (Phi) is 6.94. The minimum Gasteiger partial charge on any atom is -0.489 e. The SMILES string of the molecule is COc1ccc(-c2cc(OCc3c(C)cccc3NC(=O)NN)ccc2C)c(OC)n1. The number of benzene rings is 2. The van der Waals surface area contributed by atoms with Crippen LogP contribution in [0.15, 0.2) is 48.5 Å². The first-order valence-corrected chi connectivity index (χ1v) is 9.65. The van der Waals surface area contributed by atoms with Crippen LogP contribution in [0.5, 0.6) is 17.5 Å². The van der Waals surface area contributed by atoms with Crippen LogP contribution in [-0.2, 0) is 6.61 Å². The molecule has 4 N–H and O–H groups in total. The van der Waals surface area contributed by atoms with Crippen molar-refractivity contribution in [1.82, 2.24) is 10.4 Å². The van der Waals surface area contributed by atoms with Crippen LogP contribution in [0.25, 0.3) is 11.1 Å². The molecule has 0 aliphatic carbocycles. The van der Waals surface area contributed by atoms with Gasteiger partial charge in [0.15, 0.2) is 0 Å². The number of methoxy groups -OCH3 is 2. The van der Waals surface area contributed by atoms with Crippen molar-refractivity contribution >= 4 is 11.7 Å². The highest BCUT2D eigenvalue weighted by atomic mass is 16.5. The van der Waals surface area contributed by atoms with Crippen LogP contribution in [0.3, 0.4) is 0 Å². The van der Waals surface area contributed by atoms with Crippen LogP contribution in [0.1, 0.15) is 16.7 Å². The number of ether oxygens (including phenoxy) is 3. The predicted octanol–water partition coefficient (Wildman–Crippen LogP) is 3.96. The number of hydrogen-bond acceptors (Lipinski definition) is 6. The number of carbonyl (C=O) groups is 1. The number of amides is 2. The molecular formula is C23H26N4O4. The van der Waals surface area contributed by atoms with Crippen LogP contribution >= 0.6 is 0 Å². The Morgan fingerprint density at radius 2 is 1.81 bits per heavy atom. The average molecular weight is 422 g/mol. The van der Waals surface area contributed by atoms with E-state index in [0.29, 0.717) is 23.2 Å². The lowest BCUT2D eigenvalue weighted by Gasteiger charge is -2.16. The highest BCUT2D eigenvalue weighted by Gasteiger charge is 2.14. The number of nitrogens with two attached hydrogens (primary N) is 1. The van der Waals surface area contributed by atoms with Gasteiger partial charge in [-0.1, -0.05) is 18.2 Å². The predicted molar refractivity (Wildman–Crippen MR) is 119 cm³/mol. The molecule has 0 radical (unpaired) electrons. The van der Waals surface area contributed by atoms with Gasteiger partial charge in [-0.05, 0) is 54.8 Å². The molecule has 0 saturated carbocycles. The number of nitrogens with one attached hydrogen (secondary N) is 2. The van der Waals surface area contributed by atoms with Crippen molar-refractivity contribution in [3.8, 4) is 28.6 Å². The smallest absolute Gasteiger partial charge is 0.333 e. The van der Waals surface area contributed by atoms with E-state index in [0.717, 1.165) is 27.8 Å². The second-order valence-electron chi connectivity index (χ2n) is 6.88. The fourth-order valence-electron chi connectivity index (χ4n) is 3.20. The summed E-state index contributed by atoms with van der Waals surface area (Å²) in [6.07, 6.45) is 0. The summed E-state index contributed by atoms with van der Waals surface area (Å²) in [7, 11) is 3.14. The maximum Gasteiger partial charge on any atom is 0.333 e. The average Bonchev–Trinajstić information content (AvgIpc) is 2.79. The molecule has 2 aromatic carbocycles. The Morgan fingerprint density at radius 1 is 1.00 bits per heavy atom.